The van der Waals surface area contributed by atoms with Gasteiger partial charge in [0.05, 0.1) is 6.26 Å². The van der Waals surface area contributed by atoms with Gasteiger partial charge in [-0.2, -0.15) is 11.8 Å². The van der Waals surface area contributed by atoms with Crippen LogP contribution in [0.4, 0.5) is 0 Å². The van der Waals surface area contributed by atoms with Crippen molar-refractivity contribution in [2.45, 2.75) is 45.4 Å². The molecule has 0 atom stereocenters. The van der Waals surface area contributed by atoms with Crippen molar-refractivity contribution in [3.63, 3.8) is 0 Å². The summed E-state index contributed by atoms with van der Waals surface area (Å²) in [6.45, 7) is 2.78. The third-order valence-electron chi connectivity index (χ3n) is 2.25. The van der Waals surface area contributed by atoms with Gasteiger partial charge in [-0.15, -0.1) is 0 Å². The summed E-state index contributed by atoms with van der Waals surface area (Å²) >= 11 is 1.83. The van der Waals surface area contributed by atoms with Crippen molar-refractivity contribution in [2.75, 3.05) is 24.3 Å². The first kappa shape index (κ1) is 16.3. The van der Waals surface area contributed by atoms with Gasteiger partial charge < -0.3 is 0 Å². The van der Waals surface area contributed by atoms with Gasteiger partial charge in [0, 0.05) is 12.3 Å². The molecular formula is C11H25NO2S2. The maximum absolute atomic E-state index is 10.7. The highest BCUT2D eigenvalue weighted by molar-refractivity contribution is 7.99. The number of nitrogens with one attached hydrogen (secondary N) is 1. The van der Waals surface area contributed by atoms with E-state index in [4.69, 9.17) is 0 Å². The fraction of sp³-hybridized carbons (Fsp3) is 1.00. The maximum Gasteiger partial charge on any atom is 0.208 e. The normalized spacial score (nSPS) is 11.9. The largest absolute Gasteiger partial charge is 0.215 e. The van der Waals surface area contributed by atoms with E-state index in [1.165, 1.54) is 44.8 Å². The molecule has 0 spiro atoms. The lowest BCUT2D eigenvalue weighted by Gasteiger charge is -2.03. The number of unbranched alkanes of at least 4 members (excludes halogenated alkanes) is 5. The Kier molecular flexibility index (Phi) is 10.6. The van der Waals surface area contributed by atoms with Crippen LogP contribution < -0.4 is 4.72 Å². The first-order valence-electron chi connectivity index (χ1n) is 6.08. The van der Waals surface area contributed by atoms with Crippen molar-refractivity contribution in [3.8, 4) is 0 Å². The summed E-state index contributed by atoms with van der Waals surface area (Å²) < 4.78 is 24.0. The van der Waals surface area contributed by atoms with Gasteiger partial charge in [0.15, 0.2) is 0 Å². The van der Waals surface area contributed by atoms with Crippen LogP contribution in [0.3, 0.4) is 0 Å². The van der Waals surface area contributed by atoms with E-state index >= 15 is 0 Å². The molecule has 0 aliphatic carbocycles. The molecule has 0 fully saturated rings. The molecule has 5 heteroatoms. The van der Waals surface area contributed by atoms with E-state index in [0.717, 1.165) is 11.5 Å². The molecule has 0 aromatic carbocycles. The van der Waals surface area contributed by atoms with Gasteiger partial charge >= 0.3 is 0 Å². The molecular weight excluding hydrogens is 242 g/mol. The van der Waals surface area contributed by atoms with Gasteiger partial charge in [-0.05, 0) is 12.2 Å². The number of sulfonamides is 1. The predicted octanol–water partition coefficient (Wildman–Crippen LogP) is 2.63. The van der Waals surface area contributed by atoms with Crippen LogP contribution in [0, 0.1) is 0 Å². The van der Waals surface area contributed by atoms with Crippen LogP contribution in [0.25, 0.3) is 0 Å². The minimum atomic E-state index is -3.00. The standard InChI is InChI=1S/C11H25NO2S2/c1-3-4-5-6-7-8-10-15-11-9-12-16(2,13)14/h12H,3-11H2,1-2H3. The summed E-state index contributed by atoms with van der Waals surface area (Å²) in [5.41, 5.74) is 0. The minimum absolute atomic E-state index is 0.555. The molecule has 0 unspecified atom stereocenters. The Labute approximate surface area is 105 Å². The third kappa shape index (κ3) is 14.3. The molecule has 98 valence electrons. The summed E-state index contributed by atoms with van der Waals surface area (Å²) in [5, 5.41) is 0. The lowest BCUT2D eigenvalue weighted by molar-refractivity contribution is 0.590. The second-order valence-corrected chi connectivity index (χ2v) is 7.10. The number of rotatable bonds is 11. The first-order chi connectivity index (χ1) is 7.56. The lowest BCUT2D eigenvalue weighted by Crippen LogP contribution is -2.24. The molecule has 0 amide bonds. The van der Waals surface area contributed by atoms with E-state index in [9.17, 15) is 8.42 Å². The quantitative estimate of drug-likeness (QED) is 0.585. The summed E-state index contributed by atoms with van der Waals surface area (Å²) in [7, 11) is -3.00. The Morgan fingerprint density at radius 2 is 1.62 bits per heavy atom. The molecule has 0 aliphatic rings. The van der Waals surface area contributed by atoms with Gasteiger partial charge in [0.25, 0.3) is 0 Å². The van der Waals surface area contributed by atoms with Crippen LogP contribution >= 0.6 is 11.8 Å². The summed E-state index contributed by atoms with van der Waals surface area (Å²) in [5.74, 6) is 2.03. The zero-order valence-corrected chi connectivity index (χ0v) is 12.1. The van der Waals surface area contributed by atoms with Crippen molar-refractivity contribution in [1.82, 2.24) is 4.72 Å². The van der Waals surface area contributed by atoms with Crippen molar-refractivity contribution in [2.24, 2.45) is 0 Å². The molecule has 0 radical (unpaired) electrons. The molecule has 16 heavy (non-hydrogen) atoms. The Morgan fingerprint density at radius 1 is 1.00 bits per heavy atom. The van der Waals surface area contributed by atoms with Crippen molar-refractivity contribution in [1.29, 1.82) is 0 Å². The highest BCUT2D eigenvalue weighted by Gasteiger charge is 1.98. The highest BCUT2D eigenvalue weighted by Crippen LogP contribution is 2.09. The summed E-state index contributed by atoms with van der Waals surface area (Å²) in [6, 6.07) is 0. The van der Waals surface area contributed by atoms with Crippen molar-refractivity contribution in [3.05, 3.63) is 0 Å². The van der Waals surface area contributed by atoms with Gasteiger partial charge in [-0.3, -0.25) is 0 Å². The smallest absolute Gasteiger partial charge is 0.208 e. The van der Waals surface area contributed by atoms with Gasteiger partial charge in [0.2, 0.25) is 10.0 Å². The topological polar surface area (TPSA) is 46.2 Å². The first-order valence-corrected chi connectivity index (χ1v) is 9.13. The molecule has 0 saturated heterocycles. The van der Waals surface area contributed by atoms with Crippen molar-refractivity contribution >= 4 is 21.8 Å². The minimum Gasteiger partial charge on any atom is -0.215 e. The molecule has 0 aromatic heterocycles. The summed E-state index contributed by atoms with van der Waals surface area (Å²) in [6.07, 6.45) is 9.12. The molecule has 0 bridgehead atoms. The molecule has 0 rings (SSSR count). The molecule has 1 N–H and O–H groups in total. The Hall–Kier alpha value is 0.260. The van der Waals surface area contributed by atoms with Crippen LogP contribution in [0.1, 0.15) is 45.4 Å². The second-order valence-electron chi connectivity index (χ2n) is 4.05. The van der Waals surface area contributed by atoms with E-state index in [1.54, 1.807) is 0 Å². The maximum atomic E-state index is 10.7. The number of thioether (sulfide) groups is 1. The average Bonchev–Trinajstić information content (AvgIpc) is 2.19. The van der Waals surface area contributed by atoms with Crippen LogP contribution in [-0.2, 0) is 10.0 Å². The molecule has 0 heterocycles. The average molecular weight is 267 g/mol. The van der Waals surface area contributed by atoms with E-state index in [0.29, 0.717) is 6.54 Å². The van der Waals surface area contributed by atoms with E-state index in [2.05, 4.69) is 11.6 Å². The molecule has 3 nitrogen and oxygen atoms in total. The number of hydrogen-bond donors (Lipinski definition) is 1. The predicted molar refractivity (Wildman–Crippen MR) is 73.5 cm³/mol. The fourth-order valence-electron chi connectivity index (χ4n) is 1.39. The van der Waals surface area contributed by atoms with Gasteiger partial charge in [-0.1, -0.05) is 39.0 Å². The molecule has 0 saturated carbocycles. The second kappa shape index (κ2) is 10.4. The monoisotopic (exact) mass is 267 g/mol. The van der Waals surface area contributed by atoms with E-state index < -0.39 is 10.0 Å². The zero-order valence-electron chi connectivity index (χ0n) is 10.5. The van der Waals surface area contributed by atoms with E-state index in [-0.39, 0.29) is 0 Å². The molecule has 0 aromatic rings. The Balaban J connectivity index is 3.05. The summed E-state index contributed by atoms with van der Waals surface area (Å²) in [4.78, 5) is 0. The fourth-order valence-corrected chi connectivity index (χ4v) is 2.85. The van der Waals surface area contributed by atoms with Crippen LogP contribution in [-0.4, -0.2) is 32.7 Å². The Bertz CT molecular complexity index is 240. The van der Waals surface area contributed by atoms with Gasteiger partial charge in [-0.25, -0.2) is 13.1 Å². The Morgan fingerprint density at radius 3 is 2.25 bits per heavy atom. The molecule has 0 aliphatic heterocycles. The van der Waals surface area contributed by atoms with Crippen LogP contribution in [0.15, 0.2) is 0 Å². The van der Waals surface area contributed by atoms with Gasteiger partial charge in [0.1, 0.15) is 0 Å². The van der Waals surface area contributed by atoms with Crippen LogP contribution in [0.5, 0.6) is 0 Å². The SMILES string of the molecule is CCCCCCCCSCCNS(C)(=O)=O. The lowest BCUT2D eigenvalue weighted by atomic mass is 10.1. The zero-order chi connectivity index (χ0) is 12.3. The van der Waals surface area contributed by atoms with E-state index in [1.807, 2.05) is 11.8 Å². The highest BCUT2D eigenvalue weighted by atomic mass is 32.2. The number of hydrogen-bond acceptors (Lipinski definition) is 3. The van der Waals surface area contributed by atoms with Crippen molar-refractivity contribution < 1.29 is 8.42 Å². The van der Waals surface area contributed by atoms with Crippen LogP contribution in [0.2, 0.25) is 0 Å². The third-order valence-corrected chi connectivity index (χ3v) is 4.05.